The molecule has 0 heterocycles. The highest BCUT2D eigenvalue weighted by Gasteiger charge is 2.12. The van der Waals surface area contributed by atoms with Gasteiger partial charge in [-0.1, -0.05) is 20.3 Å². The number of amides is 1. The molecule has 0 aromatic heterocycles. The summed E-state index contributed by atoms with van der Waals surface area (Å²) in [6.45, 7) is 4.11. The Hall–Kier alpha value is -0.900. The van der Waals surface area contributed by atoms with Gasteiger partial charge >= 0.3 is 0 Å². The average molecular weight is 302 g/mol. The topological polar surface area (TPSA) is 29.1 Å². The number of carbonyl (C=O) groups excluding carboxylic acids is 1. The van der Waals surface area contributed by atoms with Gasteiger partial charge in [0.2, 0.25) is 0 Å². The van der Waals surface area contributed by atoms with E-state index in [0.29, 0.717) is 10.0 Å². The SMILES string of the molecule is CCCC(CC)NC(=O)c1ccc(Br)c(F)c1. The van der Waals surface area contributed by atoms with Gasteiger partial charge in [-0.25, -0.2) is 4.39 Å². The van der Waals surface area contributed by atoms with Gasteiger partial charge in [0.1, 0.15) is 5.82 Å². The minimum absolute atomic E-state index is 0.166. The predicted molar refractivity (Wildman–Crippen MR) is 70.6 cm³/mol. The van der Waals surface area contributed by atoms with Crippen molar-refractivity contribution < 1.29 is 9.18 Å². The van der Waals surface area contributed by atoms with E-state index in [1.165, 1.54) is 6.07 Å². The van der Waals surface area contributed by atoms with Crippen LogP contribution in [0.5, 0.6) is 0 Å². The van der Waals surface area contributed by atoms with Crippen molar-refractivity contribution in [1.82, 2.24) is 5.32 Å². The summed E-state index contributed by atoms with van der Waals surface area (Å²) in [6.07, 6.45) is 2.85. The second-order valence-electron chi connectivity index (χ2n) is 4.00. The zero-order valence-electron chi connectivity index (χ0n) is 10.1. The van der Waals surface area contributed by atoms with Crippen molar-refractivity contribution >= 4 is 21.8 Å². The van der Waals surface area contributed by atoms with Crippen LogP contribution in [-0.2, 0) is 0 Å². The lowest BCUT2D eigenvalue weighted by Gasteiger charge is -2.16. The maximum absolute atomic E-state index is 13.3. The van der Waals surface area contributed by atoms with Crippen LogP contribution in [0.15, 0.2) is 22.7 Å². The molecule has 1 amide bonds. The normalized spacial score (nSPS) is 12.2. The predicted octanol–water partition coefficient (Wildman–Crippen LogP) is 3.90. The maximum Gasteiger partial charge on any atom is 0.251 e. The molecule has 17 heavy (non-hydrogen) atoms. The molecule has 2 nitrogen and oxygen atoms in total. The van der Waals surface area contributed by atoms with E-state index in [9.17, 15) is 9.18 Å². The minimum atomic E-state index is -0.416. The number of halogens is 2. The number of nitrogens with one attached hydrogen (secondary N) is 1. The van der Waals surface area contributed by atoms with Gasteiger partial charge in [0.15, 0.2) is 0 Å². The molecule has 1 aromatic carbocycles. The first-order valence-electron chi connectivity index (χ1n) is 5.84. The molecule has 1 N–H and O–H groups in total. The summed E-state index contributed by atoms with van der Waals surface area (Å²) in [5.74, 6) is -0.627. The fourth-order valence-corrected chi connectivity index (χ4v) is 1.88. The van der Waals surface area contributed by atoms with E-state index < -0.39 is 5.82 Å². The minimum Gasteiger partial charge on any atom is -0.349 e. The maximum atomic E-state index is 13.3. The summed E-state index contributed by atoms with van der Waals surface area (Å²) < 4.78 is 13.7. The summed E-state index contributed by atoms with van der Waals surface area (Å²) >= 11 is 3.06. The highest BCUT2D eigenvalue weighted by molar-refractivity contribution is 9.10. The zero-order chi connectivity index (χ0) is 12.8. The van der Waals surface area contributed by atoms with Crippen LogP contribution < -0.4 is 5.32 Å². The molecule has 0 saturated carbocycles. The van der Waals surface area contributed by atoms with Gasteiger partial charge in [-0.2, -0.15) is 0 Å². The van der Waals surface area contributed by atoms with Crippen molar-refractivity contribution in [2.75, 3.05) is 0 Å². The van der Waals surface area contributed by atoms with Crippen LogP contribution in [0.4, 0.5) is 4.39 Å². The van der Waals surface area contributed by atoms with E-state index in [2.05, 4.69) is 28.2 Å². The van der Waals surface area contributed by atoms with Crippen molar-refractivity contribution in [2.45, 2.75) is 39.2 Å². The Morgan fingerprint density at radius 3 is 2.71 bits per heavy atom. The average Bonchev–Trinajstić information content (AvgIpc) is 2.31. The molecule has 0 aliphatic heterocycles. The third kappa shape index (κ3) is 4.11. The Labute approximate surface area is 110 Å². The quantitative estimate of drug-likeness (QED) is 0.878. The molecule has 0 aliphatic carbocycles. The van der Waals surface area contributed by atoms with Crippen LogP contribution in [-0.4, -0.2) is 11.9 Å². The van der Waals surface area contributed by atoms with Gasteiger partial charge < -0.3 is 5.32 Å². The van der Waals surface area contributed by atoms with Gasteiger partial charge in [0.05, 0.1) is 4.47 Å². The van der Waals surface area contributed by atoms with Gasteiger partial charge in [0.25, 0.3) is 5.91 Å². The van der Waals surface area contributed by atoms with Crippen LogP contribution in [0.1, 0.15) is 43.5 Å². The largest absolute Gasteiger partial charge is 0.349 e. The number of benzene rings is 1. The molecule has 0 fully saturated rings. The van der Waals surface area contributed by atoms with Crippen molar-refractivity contribution in [2.24, 2.45) is 0 Å². The van der Waals surface area contributed by atoms with Gasteiger partial charge in [-0.05, 0) is 47.0 Å². The lowest BCUT2D eigenvalue weighted by Crippen LogP contribution is -2.34. The summed E-state index contributed by atoms with van der Waals surface area (Å²) in [5, 5.41) is 2.91. The number of hydrogen-bond donors (Lipinski definition) is 1. The zero-order valence-corrected chi connectivity index (χ0v) is 11.7. The number of hydrogen-bond acceptors (Lipinski definition) is 1. The van der Waals surface area contributed by atoms with Crippen molar-refractivity contribution in [3.63, 3.8) is 0 Å². The van der Waals surface area contributed by atoms with Crippen LogP contribution in [0.25, 0.3) is 0 Å². The molecule has 0 saturated heterocycles. The molecule has 0 bridgehead atoms. The van der Waals surface area contributed by atoms with Gasteiger partial charge in [0, 0.05) is 11.6 Å². The molecular formula is C13H17BrFNO. The highest BCUT2D eigenvalue weighted by Crippen LogP contribution is 2.16. The monoisotopic (exact) mass is 301 g/mol. The Kier molecular flexibility index (Phi) is 5.62. The third-order valence-corrected chi connectivity index (χ3v) is 3.29. The molecule has 1 unspecified atom stereocenters. The summed E-state index contributed by atoms with van der Waals surface area (Å²) in [5.41, 5.74) is 0.361. The van der Waals surface area contributed by atoms with Gasteiger partial charge in [-0.3, -0.25) is 4.79 Å². The Balaban J connectivity index is 2.72. The van der Waals surface area contributed by atoms with E-state index in [1.54, 1.807) is 12.1 Å². The first-order valence-corrected chi connectivity index (χ1v) is 6.63. The molecule has 0 spiro atoms. The fraction of sp³-hybridized carbons (Fsp3) is 0.462. The molecule has 94 valence electrons. The number of rotatable bonds is 5. The summed E-state index contributed by atoms with van der Waals surface area (Å²) in [7, 11) is 0. The summed E-state index contributed by atoms with van der Waals surface area (Å²) in [6, 6.07) is 4.57. The lowest BCUT2D eigenvalue weighted by molar-refractivity contribution is 0.0933. The van der Waals surface area contributed by atoms with E-state index in [0.717, 1.165) is 19.3 Å². The third-order valence-electron chi connectivity index (χ3n) is 2.65. The van der Waals surface area contributed by atoms with E-state index in [-0.39, 0.29) is 11.9 Å². The molecule has 0 radical (unpaired) electrons. The second-order valence-corrected chi connectivity index (χ2v) is 4.85. The fourth-order valence-electron chi connectivity index (χ4n) is 1.63. The van der Waals surface area contributed by atoms with Crippen molar-refractivity contribution in [1.29, 1.82) is 0 Å². The van der Waals surface area contributed by atoms with Gasteiger partial charge in [-0.15, -0.1) is 0 Å². The van der Waals surface area contributed by atoms with E-state index in [1.807, 2.05) is 6.92 Å². The molecule has 1 rings (SSSR count). The first-order chi connectivity index (χ1) is 8.08. The standard InChI is InChI=1S/C13H17BrFNO/c1-3-5-10(4-2)16-13(17)9-6-7-11(14)12(15)8-9/h6-8,10H,3-5H2,1-2H3,(H,16,17). The van der Waals surface area contributed by atoms with Crippen LogP contribution in [0, 0.1) is 5.82 Å². The first kappa shape index (κ1) is 14.2. The molecule has 1 aromatic rings. The molecular weight excluding hydrogens is 285 g/mol. The van der Waals surface area contributed by atoms with E-state index >= 15 is 0 Å². The molecule has 4 heteroatoms. The van der Waals surface area contributed by atoms with Crippen molar-refractivity contribution in [3.8, 4) is 0 Å². The smallest absolute Gasteiger partial charge is 0.251 e. The Bertz CT molecular complexity index is 395. The number of carbonyl (C=O) groups is 1. The van der Waals surface area contributed by atoms with Crippen LogP contribution >= 0.6 is 15.9 Å². The molecule has 0 aliphatic rings. The Morgan fingerprint density at radius 2 is 2.18 bits per heavy atom. The van der Waals surface area contributed by atoms with Crippen LogP contribution in [0.2, 0.25) is 0 Å². The van der Waals surface area contributed by atoms with Crippen LogP contribution in [0.3, 0.4) is 0 Å². The second kappa shape index (κ2) is 6.74. The van der Waals surface area contributed by atoms with E-state index in [4.69, 9.17) is 0 Å². The van der Waals surface area contributed by atoms with Crippen molar-refractivity contribution in [3.05, 3.63) is 34.1 Å². The lowest BCUT2D eigenvalue weighted by atomic mass is 10.1. The Morgan fingerprint density at radius 1 is 1.47 bits per heavy atom. The highest BCUT2D eigenvalue weighted by atomic mass is 79.9. The summed E-state index contributed by atoms with van der Waals surface area (Å²) in [4.78, 5) is 11.9. The molecule has 1 atom stereocenters.